The quantitative estimate of drug-likeness (QED) is 0.706. The maximum absolute atomic E-state index is 13.3. The molecule has 0 radical (unpaired) electrons. The van der Waals surface area contributed by atoms with E-state index in [1.54, 1.807) is 6.92 Å². The summed E-state index contributed by atoms with van der Waals surface area (Å²) in [7, 11) is -3.69. The molecule has 0 unspecified atom stereocenters. The van der Waals surface area contributed by atoms with Crippen LogP contribution in [0.4, 0.5) is 10.1 Å². The molecule has 1 saturated heterocycles. The molecule has 2 aromatic rings. The molecule has 1 aliphatic heterocycles. The molecule has 3 rings (SSSR count). The van der Waals surface area contributed by atoms with Gasteiger partial charge in [0.05, 0.1) is 10.5 Å². The molecule has 0 aromatic heterocycles. The highest BCUT2D eigenvalue weighted by atomic mass is 32.2. The maximum Gasteiger partial charge on any atom is 0.338 e. The molecule has 30 heavy (non-hydrogen) atoms. The van der Waals surface area contributed by atoms with Gasteiger partial charge < -0.3 is 10.1 Å². The van der Waals surface area contributed by atoms with Gasteiger partial charge in [-0.3, -0.25) is 4.79 Å². The first-order valence-corrected chi connectivity index (χ1v) is 11.0. The van der Waals surface area contributed by atoms with Crippen LogP contribution in [0.5, 0.6) is 0 Å². The lowest BCUT2D eigenvalue weighted by Crippen LogP contribution is -2.35. The standard InChI is InChI=1S/C21H23FN2O5S/c1-15-8-9-17(22)13-19(15)23-20(25)14-29-21(26)16-6-5-7-18(12-16)30(27,28)24-10-3-2-4-11-24/h5-9,12-13H,2-4,10-11,14H2,1H3,(H,23,25). The van der Waals surface area contributed by atoms with Gasteiger partial charge in [-0.2, -0.15) is 4.31 Å². The minimum Gasteiger partial charge on any atom is -0.452 e. The van der Waals surface area contributed by atoms with Crippen LogP contribution in [0.3, 0.4) is 0 Å². The number of benzene rings is 2. The summed E-state index contributed by atoms with van der Waals surface area (Å²) in [6, 6.07) is 9.53. The van der Waals surface area contributed by atoms with Crippen molar-refractivity contribution in [3.63, 3.8) is 0 Å². The molecule has 2 aromatic carbocycles. The second kappa shape index (κ2) is 9.36. The Kier molecular flexibility index (Phi) is 6.84. The van der Waals surface area contributed by atoms with Crippen molar-refractivity contribution in [2.45, 2.75) is 31.1 Å². The van der Waals surface area contributed by atoms with Gasteiger partial charge in [0.15, 0.2) is 6.61 Å². The fraction of sp³-hybridized carbons (Fsp3) is 0.333. The van der Waals surface area contributed by atoms with E-state index in [9.17, 15) is 22.4 Å². The van der Waals surface area contributed by atoms with Crippen molar-refractivity contribution in [2.75, 3.05) is 25.0 Å². The zero-order valence-corrected chi connectivity index (χ0v) is 17.4. The summed E-state index contributed by atoms with van der Waals surface area (Å²) >= 11 is 0. The second-order valence-electron chi connectivity index (χ2n) is 7.08. The number of hydrogen-bond acceptors (Lipinski definition) is 5. The summed E-state index contributed by atoms with van der Waals surface area (Å²) in [6.07, 6.45) is 2.61. The molecule has 1 heterocycles. The number of rotatable bonds is 6. The zero-order valence-electron chi connectivity index (χ0n) is 16.6. The molecule has 1 amide bonds. The summed E-state index contributed by atoms with van der Waals surface area (Å²) in [5, 5.41) is 2.48. The lowest BCUT2D eigenvalue weighted by atomic mass is 10.2. The van der Waals surface area contributed by atoms with Crippen LogP contribution in [0.1, 0.15) is 35.2 Å². The van der Waals surface area contributed by atoms with Gasteiger partial charge >= 0.3 is 5.97 Å². The van der Waals surface area contributed by atoms with Crippen molar-refractivity contribution in [1.29, 1.82) is 0 Å². The summed E-state index contributed by atoms with van der Waals surface area (Å²) in [5.74, 6) is -1.95. The highest BCUT2D eigenvalue weighted by molar-refractivity contribution is 7.89. The Balaban J connectivity index is 1.64. The van der Waals surface area contributed by atoms with Crippen LogP contribution >= 0.6 is 0 Å². The molecule has 0 saturated carbocycles. The van der Waals surface area contributed by atoms with Crippen LogP contribution in [-0.2, 0) is 19.6 Å². The third-order valence-corrected chi connectivity index (χ3v) is 6.73. The molecule has 0 aliphatic carbocycles. The Morgan fingerprint density at radius 3 is 2.57 bits per heavy atom. The van der Waals surface area contributed by atoms with E-state index in [2.05, 4.69) is 5.32 Å². The third-order valence-electron chi connectivity index (χ3n) is 4.83. The van der Waals surface area contributed by atoms with Crippen LogP contribution in [0, 0.1) is 12.7 Å². The number of nitrogens with zero attached hydrogens (tertiary/aromatic N) is 1. The molecule has 1 aliphatic rings. The van der Waals surface area contributed by atoms with Gasteiger partial charge in [-0.25, -0.2) is 17.6 Å². The Hall–Kier alpha value is -2.78. The van der Waals surface area contributed by atoms with Crippen LogP contribution in [0.15, 0.2) is 47.4 Å². The van der Waals surface area contributed by atoms with E-state index in [4.69, 9.17) is 4.74 Å². The molecule has 7 nitrogen and oxygen atoms in total. The number of nitrogens with one attached hydrogen (secondary N) is 1. The predicted octanol–water partition coefficient (Wildman–Crippen LogP) is 3.10. The normalized spacial score (nSPS) is 14.9. The molecule has 0 atom stereocenters. The van der Waals surface area contributed by atoms with E-state index < -0.39 is 34.3 Å². The molecule has 160 valence electrons. The minimum absolute atomic E-state index is 0.0127. The van der Waals surface area contributed by atoms with E-state index in [1.807, 2.05) is 0 Å². The van der Waals surface area contributed by atoms with E-state index in [-0.39, 0.29) is 16.1 Å². The van der Waals surface area contributed by atoms with Gasteiger partial charge in [0.2, 0.25) is 10.0 Å². The third kappa shape index (κ3) is 5.22. The van der Waals surface area contributed by atoms with Crippen molar-refractivity contribution >= 4 is 27.6 Å². The number of hydrogen-bond donors (Lipinski definition) is 1. The van der Waals surface area contributed by atoms with Gasteiger partial charge in [0, 0.05) is 18.8 Å². The first-order valence-electron chi connectivity index (χ1n) is 9.61. The minimum atomic E-state index is -3.69. The van der Waals surface area contributed by atoms with E-state index in [1.165, 1.54) is 46.8 Å². The first kappa shape index (κ1) is 21.9. The van der Waals surface area contributed by atoms with Crippen molar-refractivity contribution in [3.8, 4) is 0 Å². The van der Waals surface area contributed by atoms with E-state index in [0.29, 0.717) is 18.7 Å². The second-order valence-corrected chi connectivity index (χ2v) is 9.01. The monoisotopic (exact) mass is 434 g/mol. The van der Waals surface area contributed by atoms with Crippen molar-refractivity contribution in [2.24, 2.45) is 0 Å². The van der Waals surface area contributed by atoms with Crippen LogP contribution in [-0.4, -0.2) is 44.3 Å². The molecule has 1 fully saturated rings. The number of sulfonamides is 1. The summed E-state index contributed by atoms with van der Waals surface area (Å²) < 4.78 is 45.3. The van der Waals surface area contributed by atoms with Crippen LogP contribution < -0.4 is 5.32 Å². The predicted molar refractivity (Wildman–Crippen MR) is 109 cm³/mol. The number of aryl methyl sites for hydroxylation is 1. The largest absolute Gasteiger partial charge is 0.452 e. The van der Waals surface area contributed by atoms with Gasteiger partial charge in [-0.1, -0.05) is 18.6 Å². The Morgan fingerprint density at radius 2 is 1.83 bits per heavy atom. The van der Waals surface area contributed by atoms with Gasteiger partial charge in [0.1, 0.15) is 5.82 Å². The van der Waals surface area contributed by atoms with Gasteiger partial charge in [-0.15, -0.1) is 0 Å². The topological polar surface area (TPSA) is 92.8 Å². The summed E-state index contributed by atoms with van der Waals surface area (Å²) in [6.45, 7) is 2.03. The number of halogens is 1. The smallest absolute Gasteiger partial charge is 0.338 e. The molecule has 0 spiro atoms. The van der Waals surface area contributed by atoms with E-state index in [0.717, 1.165) is 19.3 Å². The molecule has 9 heteroatoms. The Morgan fingerprint density at radius 1 is 1.10 bits per heavy atom. The highest BCUT2D eigenvalue weighted by Crippen LogP contribution is 2.21. The number of amides is 1. The number of anilines is 1. The van der Waals surface area contributed by atoms with Crippen molar-refractivity contribution < 1.29 is 27.1 Å². The van der Waals surface area contributed by atoms with Crippen LogP contribution in [0.2, 0.25) is 0 Å². The molecule has 0 bridgehead atoms. The molecular weight excluding hydrogens is 411 g/mol. The lowest BCUT2D eigenvalue weighted by molar-refractivity contribution is -0.119. The fourth-order valence-corrected chi connectivity index (χ4v) is 4.73. The summed E-state index contributed by atoms with van der Waals surface area (Å²) in [5.41, 5.74) is 0.972. The first-order chi connectivity index (χ1) is 14.3. The summed E-state index contributed by atoms with van der Waals surface area (Å²) in [4.78, 5) is 24.4. The number of carbonyl (C=O) groups excluding carboxylic acids is 2. The highest BCUT2D eigenvalue weighted by Gasteiger charge is 2.26. The lowest BCUT2D eigenvalue weighted by Gasteiger charge is -2.25. The number of ether oxygens (including phenoxy) is 1. The average Bonchev–Trinajstić information content (AvgIpc) is 2.75. The van der Waals surface area contributed by atoms with E-state index >= 15 is 0 Å². The van der Waals surface area contributed by atoms with Crippen molar-refractivity contribution in [1.82, 2.24) is 4.31 Å². The maximum atomic E-state index is 13.3. The Labute approximate surface area is 174 Å². The van der Waals surface area contributed by atoms with Gasteiger partial charge in [-0.05, 0) is 55.7 Å². The fourth-order valence-electron chi connectivity index (χ4n) is 3.17. The zero-order chi connectivity index (χ0) is 21.7. The van der Waals surface area contributed by atoms with Crippen LogP contribution in [0.25, 0.3) is 0 Å². The number of piperidine rings is 1. The SMILES string of the molecule is Cc1ccc(F)cc1NC(=O)COC(=O)c1cccc(S(=O)(=O)N2CCCCC2)c1. The number of esters is 1. The molecular formula is C21H23FN2O5S. The van der Waals surface area contributed by atoms with Crippen molar-refractivity contribution in [3.05, 3.63) is 59.4 Å². The number of carbonyl (C=O) groups is 2. The van der Waals surface area contributed by atoms with Gasteiger partial charge in [0.25, 0.3) is 5.91 Å². The molecule has 1 N–H and O–H groups in total. The Bertz CT molecular complexity index is 1050. The average molecular weight is 434 g/mol.